The minimum absolute atomic E-state index is 0.0296. The average molecular weight is 1230 g/mol. The molecule has 0 aromatic carbocycles. The number of aliphatic hydroxyl groups is 17. The van der Waals surface area contributed by atoms with E-state index in [-0.39, 0.29) is 49.4 Å². The number of rotatable bonds is 13. The van der Waals surface area contributed by atoms with Crippen molar-refractivity contribution >= 4 is 0 Å². The highest BCUT2D eigenvalue weighted by atomic mass is 16.8. The molecule has 486 valence electrons. The smallest absolute Gasteiger partial charge is 0.203 e. The predicted molar refractivity (Wildman–Crippen MR) is 278 cm³/mol. The van der Waals surface area contributed by atoms with Crippen molar-refractivity contribution in [3.05, 3.63) is 23.8 Å². The predicted octanol–water partition coefficient (Wildman–Crippen LogP) is -6.67. The van der Waals surface area contributed by atoms with Crippen molar-refractivity contribution in [2.24, 2.45) is 40.4 Å². The molecule has 11 rings (SSSR count). The lowest BCUT2D eigenvalue weighted by atomic mass is 9.46. The third-order valence-electron chi connectivity index (χ3n) is 21.4. The van der Waals surface area contributed by atoms with Crippen molar-refractivity contribution in [2.75, 3.05) is 33.0 Å². The molecule has 37 atom stereocenters. The van der Waals surface area contributed by atoms with Gasteiger partial charge in [-0.2, -0.15) is 0 Å². The summed E-state index contributed by atoms with van der Waals surface area (Å²) >= 11 is 0. The average Bonchev–Trinajstić information content (AvgIpc) is 1.91. The van der Waals surface area contributed by atoms with Gasteiger partial charge < -0.3 is 144 Å². The second-order valence-corrected chi connectivity index (χ2v) is 26.1. The Labute approximate surface area is 489 Å². The molecule has 7 saturated heterocycles. The maximum atomic E-state index is 12.7. The number of allylic oxidation sites excluding steroid dienone is 1. The van der Waals surface area contributed by atoms with Gasteiger partial charge in [-0.1, -0.05) is 32.1 Å². The van der Waals surface area contributed by atoms with Crippen LogP contribution in [-0.2, 0) is 56.8 Å². The van der Waals surface area contributed by atoms with Gasteiger partial charge in [0.1, 0.15) is 116 Å². The molecule has 0 aromatic rings. The molecule has 0 amide bonds. The Bertz CT molecular complexity index is 2360. The summed E-state index contributed by atoms with van der Waals surface area (Å²) in [5.74, 6) is -3.84. The Morgan fingerprint density at radius 3 is 1.86 bits per heavy atom. The first kappa shape index (κ1) is 64.8. The van der Waals surface area contributed by atoms with Crippen LogP contribution in [0.25, 0.3) is 0 Å². The van der Waals surface area contributed by atoms with Gasteiger partial charge in [-0.05, 0) is 74.7 Å². The van der Waals surface area contributed by atoms with Gasteiger partial charge in [0.2, 0.25) is 5.79 Å². The lowest BCUT2D eigenvalue weighted by Crippen LogP contribution is -2.67. The number of ether oxygens (including phenoxy) is 12. The fourth-order valence-corrected chi connectivity index (χ4v) is 16.6. The van der Waals surface area contributed by atoms with Gasteiger partial charge in [-0.25, -0.2) is 0 Å². The normalized spacial score (nSPS) is 57.1. The Morgan fingerprint density at radius 1 is 0.612 bits per heavy atom. The van der Waals surface area contributed by atoms with E-state index in [4.69, 9.17) is 56.8 Å². The minimum atomic E-state index is -1.95. The first-order chi connectivity index (χ1) is 40.2. The summed E-state index contributed by atoms with van der Waals surface area (Å²) in [5, 5.41) is 186. The molecule has 3 saturated carbocycles. The highest BCUT2D eigenvalue weighted by Crippen LogP contribution is 2.71. The summed E-state index contributed by atoms with van der Waals surface area (Å²) in [6, 6.07) is 0. The van der Waals surface area contributed by atoms with E-state index in [9.17, 15) is 86.8 Å². The summed E-state index contributed by atoms with van der Waals surface area (Å²) < 4.78 is 75.2. The lowest BCUT2D eigenvalue weighted by molar-refractivity contribution is -0.393. The van der Waals surface area contributed by atoms with E-state index in [2.05, 4.69) is 19.6 Å². The zero-order valence-corrected chi connectivity index (χ0v) is 47.7. The Balaban J connectivity index is 0.901. The number of fused-ring (bicyclic) bond motifs is 7. The zero-order chi connectivity index (χ0) is 61.3. The van der Waals surface area contributed by atoms with Crippen molar-refractivity contribution in [1.82, 2.24) is 0 Å². The number of hydrogen-bond donors (Lipinski definition) is 17. The van der Waals surface area contributed by atoms with Gasteiger partial charge in [0.15, 0.2) is 31.5 Å². The van der Waals surface area contributed by atoms with Crippen molar-refractivity contribution in [2.45, 2.75) is 250 Å². The molecule has 10 fully saturated rings. The van der Waals surface area contributed by atoms with Crippen LogP contribution in [-0.4, -0.2) is 304 Å². The topological polar surface area (TPSA) is 455 Å². The fraction of sp³-hybridized carbons (Fsp3) is 0.929. The molecule has 7 heterocycles. The fourth-order valence-electron chi connectivity index (χ4n) is 16.6. The molecule has 1 spiro atoms. The Kier molecular flexibility index (Phi) is 18.9. The van der Waals surface area contributed by atoms with Crippen LogP contribution in [0.2, 0.25) is 0 Å². The molecule has 85 heavy (non-hydrogen) atoms. The molecule has 4 aliphatic carbocycles. The maximum Gasteiger partial charge on any atom is 0.203 e. The molecule has 11 aliphatic rings. The van der Waals surface area contributed by atoms with Crippen LogP contribution in [0.3, 0.4) is 0 Å². The SMILES string of the molecule is C=C1CO[C@@]2(O[C@H]3CC4[C@@H]5CC=C6C[C@@H](O)C[C@@H](O[C@@H]7O[C@H](CO)[C@@H](O)[C@H](O[C@@H]8OC[C@@H](O)[C@H](O)[C@H]8O)[C@H]7O[C@@H]7O[C@@H](C)[C@H](O)[C@@H](O)[C@H]7O)[C@]6(C)C5CC[C@]4(C)[C@H]3[C@@H]2CO[C@@H]2O[C@H](CO)[C@H](O)[C@H](O)[C@H]2O)[C@@H](O)[C@H]1O[C@@H]1O[C@H](C)[C@H](O)[C@H](O)[C@H]1O. The quantitative estimate of drug-likeness (QED) is 0.0762. The van der Waals surface area contributed by atoms with Crippen LogP contribution in [0.4, 0.5) is 0 Å². The van der Waals surface area contributed by atoms with Gasteiger partial charge in [0, 0.05) is 23.7 Å². The van der Waals surface area contributed by atoms with Crippen LogP contribution in [0.15, 0.2) is 23.8 Å². The molecule has 7 aliphatic heterocycles. The van der Waals surface area contributed by atoms with Gasteiger partial charge in [0.05, 0.1) is 63.6 Å². The number of aliphatic hydroxyl groups excluding tert-OH is 17. The second-order valence-electron chi connectivity index (χ2n) is 26.1. The number of hydrogen-bond acceptors (Lipinski definition) is 29. The van der Waals surface area contributed by atoms with E-state index < -0.39 is 226 Å². The summed E-state index contributed by atoms with van der Waals surface area (Å²) in [5.41, 5.74) is -0.440. The maximum absolute atomic E-state index is 12.7. The van der Waals surface area contributed by atoms with Crippen molar-refractivity contribution in [3.8, 4) is 0 Å². The Hall–Kier alpha value is -1.68. The van der Waals surface area contributed by atoms with Crippen molar-refractivity contribution in [1.29, 1.82) is 0 Å². The summed E-state index contributed by atoms with van der Waals surface area (Å²) in [7, 11) is 0. The third-order valence-corrected chi connectivity index (χ3v) is 21.4. The van der Waals surface area contributed by atoms with Crippen molar-refractivity contribution < 1.29 is 144 Å². The molecular formula is C56H88O29. The van der Waals surface area contributed by atoms with Crippen molar-refractivity contribution in [3.63, 3.8) is 0 Å². The Morgan fingerprint density at radius 2 is 1.20 bits per heavy atom. The van der Waals surface area contributed by atoms with Gasteiger partial charge in [-0.15, -0.1) is 0 Å². The molecule has 17 N–H and O–H groups in total. The van der Waals surface area contributed by atoms with Crippen LogP contribution < -0.4 is 0 Å². The monoisotopic (exact) mass is 1220 g/mol. The van der Waals surface area contributed by atoms with E-state index in [0.29, 0.717) is 25.7 Å². The van der Waals surface area contributed by atoms with Crippen LogP contribution >= 0.6 is 0 Å². The first-order valence-corrected chi connectivity index (χ1v) is 29.8. The van der Waals surface area contributed by atoms with E-state index in [1.165, 1.54) is 13.8 Å². The van der Waals surface area contributed by atoms with Gasteiger partial charge >= 0.3 is 0 Å². The van der Waals surface area contributed by atoms with Crippen LogP contribution in [0.5, 0.6) is 0 Å². The highest BCUT2D eigenvalue weighted by Gasteiger charge is 2.74. The lowest BCUT2D eigenvalue weighted by Gasteiger charge is -2.61. The molecular weight excluding hydrogens is 1140 g/mol. The highest BCUT2D eigenvalue weighted by molar-refractivity contribution is 5.29. The first-order valence-electron chi connectivity index (χ1n) is 29.8. The van der Waals surface area contributed by atoms with Gasteiger partial charge in [0.25, 0.3) is 0 Å². The second kappa shape index (κ2) is 24.7. The minimum Gasteiger partial charge on any atom is -0.394 e. The van der Waals surface area contributed by atoms with Crippen LogP contribution in [0.1, 0.15) is 66.2 Å². The summed E-state index contributed by atoms with van der Waals surface area (Å²) in [4.78, 5) is 0. The molecule has 29 heteroatoms. The largest absolute Gasteiger partial charge is 0.394 e. The van der Waals surface area contributed by atoms with Crippen LogP contribution in [0, 0.1) is 40.4 Å². The standard InChI is InChI=1S/C56H88O29/c1-18-15-76-56(48(73)45(18)82-51-43(71)38(66)33(61)19(2)77-51)26(16-74-49-42(70)40(68)36(64)29(13-57)79-49)32-28(85-56)12-25-23-7-6-21-10-22(59)11-31(55(21,5)24(23)8-9-54(25,32)4)81-53-47(84-52-44(72)39(67)34(62)20(3)78-52)46(37(65)30(14-58)80-53)83-50-41(69)35(63)27(60)17-75-50/h6,19-20,22-53,57-73H,1,7-17H2,2-5H3/t19-,20+,22-,23-,24?,25?,26+,27-,28+,29-,30-,31-,32+,33+,34+,35+,36+,37-,38+,39-,40+,41-,42-,43-,44-,45+,46+,47-,48+,49-,50+,51+,52+,53+,54+,55+,56+/m1/s1. The van der Waals surface area contributed by atoms with E-state index in [1.807, 2.05) is 6.92 Å². The summed E-state index contributed by atoms with van der Waals surface area (Å²) in [6.45, 7) is 8.53. The van der Waals surface area contributed by atoms with E-state index in [0.717, 1.165) is 5.57 Å². The summed E-state index contributed by atoms with van der Waals surface area (Å²) in [6.07, 6.45) is -39.9. The van der Waals surface area contributed by atoms with Gasteiger partial charge in [-0.3, -0.25) is 0 Å². The molecule has 2 unspecified atom stereocenters. The van der Waals surface area contributed by atoms with E-state index in [1.54, 1.807) is 0 Å². The molecule has 0 aromatic heterocycles. The molecule has 0 radical (unpaired) electrons. The molecule has 0 bridgehead atoms. The third kappa shape index (κ3) is 10.9. The zero-order valence-electron chi connectivity index (χ0n) is 47.7. The van der Waals surface area contributed by atoms with E-state index >= 15 is 0 Å². The molecule has 29 nitrogen and oxygen atoms in total.